The van der Waals surface area contributed by atoms with Crippen LogP contribution >= 0.6 is 0 Å². The van der Waals surface area contributed by atoms with Crippen LogP contribution in [0.15, 0.2) is 65.7 Å². The van der Waals surface area contributed by atoms with Crippen molar-refractivity contribution in [2.45, 2.75) is 18.2 Å². The lowest BCUT2D eigenvalue weighted by Crippen LogP contribution is -2.52. The fourth-order valence-corrected chi connectivity index (χ4v) is 5.57. The van der Waals surface area contributed by atoms with Gasteiger partial charge in [0.1, 0.15) is 11.0 Å². The monoisotopic (exact) mass is 550 g/mol. The summed E-state index contributed by atoms with van der Waals surface area (Å²) >= 11 is 0. The minimum atomic E-state index is -1.27. The quantitative estimate of drug-likeness (QED) is 0.351. The van der Waals surface area contributed by atoms with Crippen molar-refractivity contribution < 1.29 is 13.8 Å². The van der Waals surface area contributed by atoms with Gasteiger partial charge in [0.25, 0.3) is 5.91 Å². The Labute approximate surface area is 230 Å². The molecule has 0 radical (unpaired) electrons. The number of piperazine rings is 1. The van der Waals surface area contributed by atoms with Crippen LogP contribution < -0.4 is 16.8 Å². The fraction of sp³-hybridized carbons (Fsp3) is 0.333. The molecule has 12 heteroatoms. The number of aromatic nitrogens is 2. The highest BCUT2D eigenvalue weighted by molar-refractivity contribution is 7.82. The standard InChI is InChI=1S/C27H34N8O3S/c1-2-14-35(15-12-28)39(38)23-9-5-20(6-10-23)24-11-13-30-27(32-24)31-22-7-3-21(4-8-22)25(36)33-16-18-34(19-17-33)26(29)37/h3-11,13H,2,12,14-19,28H2,1H3,(H2,29,37)(H,30,31,32). The Kier molecular flexibility index (Phi) is 9.58. The minimum absolute atomic E-state index is 0.0888. The van der Waals surface area contributed by atoms with Gasteiger partial charge in [-0.3, -0.25) is 4.79 Å². The van der Waals surface area contributed by atoms with E-state index in [0.717, 1.165) is 34.8 Å². The average Bonchev–Trinajstić information content (AvgIpc) is 2.97. The number of carbonyl (C=O) groups is 2. The number of nitrogens with zero attached hydrogens (tertiary/aromatic N) is 5. The highest BCUT2D eigenvalue weighted by atomic mass is 32.2. The topological polar surface area (TPSA) is 151 Å². The first-order valence-corrected chi connectivity index (χ1v) is 14.0. The van der Waals surface area contributed by atoms with E-state index in [-0.39, 0.29) is 5.91 Å². The fourth-order valence-electron chi connectivity index (χ4n) is 4.28. The summed E-state index contributed by atoms with van der Waals surface area (Å²) in [6.07, 6.45) is 2.57. The molecule has 1 aliphatic rings. The average molecular weight is 551 g/mol. The van der Waals surface area contributed by atoms with E-state index in [1.807, 2.05) is 34.6 Å². The number of urea groups is 1. The van der Waals surface area contributed by atoms with Gasteiger partial charge < -0.3 is 26.6 Å². The molecule has 3 aromatic rings. The Balaban J connectivity index is 1.39. The zero-order chi connectivity index (χ0) is 27.8. The van der Waals surface area contributed by atoms with E-state index in [1.165, 1.54) is 4.90 Å². The van der Waals surface area contributed by atoms with Crippen molar-refractivity contribution in [3.05, 3.63) is 66.4 Å². The Morgan fingerprint density at radius 1 is 0.974 bits per heavy atom. The van der Waals surface area contributed by atoms with Gasteiger partial charge in [-0.15, -0.1) is 0 Å². The van der Waals surface area contributed by atoms with Crippen molar-refractivity contribution in [2.24, 2.45) is 11.5 Å². The summed E-state index contributed by atoms with van der Waals surface area (Å²) in [7, 11) is -1.27. The van der Waals surface area contributed by atoms with E-state index in [2.05, 4.69) is 22.2 Å². The van der Waals surface area contributed by atoms with Crippen LogP contribution in [0.25, 0.3) is 11.3 Å². The molecule has 2 heterocycles. The first kappa shape index (κ1) is 28.1. The number of amides is 3. The smallest absolute Gasteiger partial charge is 0.314 e. The van der Waals surface area contributed by atoms with E-state index < -0.39 is 17.0 Å². The molecule has 0 saturated carbocycles. The maximum Gasteiger partial charge on any atom is 0.314 e. The highest BCUT2D eigenvalue weighted by Gasteiger charge is 2.23. The number of primary amides is 1. The normalized spacial score (nSPS) is 14.3. The number of hydrogen-bond donors (Lipinski definition) is 3. The largest absolute Gasteiger partial charge is 0.351 e. The van der Waals surface area contributed by atoms with Crippen LogP contribution in [0.3, 0.4) is 0 Å². The Morgan fingerprint density at radius 2 is 1.64 bits per heavy atom. The van der Waals surface area contributed by atoms with Gasteiger partial charge in [-0.1, -0.05) is 19.1 Å². The molecule has 5 N–H and O–H groups in total. The van der Waals surface area contributed by atoms with Crippen molar-refractivity contribution in [3.8, 4) is 11.3 Å². The molecule has 0 aliphatic carbocycles. The van der Waals surface area contributed by atoms with Gasteiger partial charge >= 0.3 is 6.03 Å². The van der Waals surface area contributed by atoms with Crippen LogP contribution in [0.5, 0.6) is 0 Å². The number of carbonyl (C=O) groups excluding carboxylic acids is 2. The molecule has 3 amide bonds. The van der Waals surface area contributed by atoms with E-state index in [1.54, 1.807) is 35.4 Å². The van der Waals surface area contributed by atoms with E-state index in [4.69, 9.17) is 11.5 Å². The summed E-state index contributed by atoms with van der Waals surface area (Å²) in [5.74, 6) is 0.327. The van der Waals surface area contributed by atoms with E-state index >= 15 is 0 Å². The molecule has 4 rings (SSSR count). The Morgan fingerprint density at radius 3 is 2.26 bits per heavy atom. The van der Waals surface area contributed by atoms with Crippen molar-refractivity contribution >= 4 is 34.6 Å². The molecule has 39 heavy (non-hydrogen) atoms. The lowest BCUT2D eigenvalue weighted by atomic mass is 10.1. The molecule has 1 aliphatic heterocycles. The second-order valence-corrected chi connectivity index (χ2v) is 10.6. The molecular weight excluding hydrogens is 516 g/mol. The summed E-state index contributed by atoms with van der Waals surface area (Å²) in [4.78, 5) is 37.0. The van der Waals surface area contributed by atoms with Crippen LogP contribution in [-0.2, 0) is 11.0 Å². The molecule has 1 atom stereocenters. The number of benzene rings is 2. The van der Waals surface area contributed by atoms with Gasteiger partial charge in [-0.05, 0) is 48.9 Å². The first-order chi connectivity index (χ1) is 18.9. The molecule has 1 fully saturated rings. The highest BCUT2D eigenvalue weighted by Crippen LogP contribution is 2.22. The number of anilines is 2. The summed E-state index contributed by atoms with van der Waals surface area (Å²) in [5.41, 5.74) is 13.9. The third kappa shape index (κ3) is 7.16. The lowest BCUT2D eigenvalue weighted by Gasteiger charge is -2.33. The van der Waals surface area contributed by atoms with Crippen molar-refractivity contribution in [1.82, 2.24) is 24.1 Å². The molecular formula is C27H34N8O3S. The van der Waals surface area contributed by atoms with Gasteiger partial charge in [0.15, 0.2) is 0 Å². The second kappa shape index (κ2) is 13.3. The predicted octanol–water partition coefficient (Wildman–Crippen LogP) is 2.42. The summed E-state index contributed by atoms with van der Waals surface area (Å²) in [6.45, 7) is 5.56. The van der Waals surface area contributed by atoms with Crippen LogP contribution in [-0.4, -0.2) is 86.0 Å². The van der Waals surface area contributed by atoms with E-state index in [0.29, 0.717) is 50.8 Å². The van der Waals surface area contributed by atoms with Crippen molar-refractivity contribution in [3.63, 3.8) is 0 Å². The van der Waals surface area contributed by atoms with Crippen LogP contribution in [0.1, 0.15) is 23.7 Å². The number of rotatable bonds is 10. The zero-order valence-electron chi connectivity index (χ0n) is 22.0. The molecule has 1 aromatic heterocycles. The number of nitrogens with one attached hydrogen (secondary N) is 1. The Hall–Kier alpha value is -3.87. The van der Waals surface area contributed by atoms with Gasteiger partial charge in [-0.25, -0.2) is 23.3 Å². The Bertz CT molecular complexity index is 1290. The molecule has 206 valence electrons. The van der Waals surface area contributed by atoms with Crippen LogP contribution in [0.2, 0.25) is 0 Å². The van der Waals surface area contributed by atoms with E-state index in [9.17, 15) is 13.8 Å². The molecule has 0 bridgehead atoms. The molecule has 2 aromatic carbocycles. The second-order valence-electron chi connectivity index (χ2n) is 9.08. The third-order valence-corrected chi connectivity index (χ3v) is 7.87. The van der Waals surface area contributed by atoms with Crippen LogP contribution in [0, 0.1) is 0 Å². The minimum Gasteiger partial charge on any atom is -0.351 e. The van der Waals surface area contributed by atoms with Crippen molar-refractivity contribution in [1.29, 1.82) is 0 Å². The first-order valence-electron chi connectivity index (χ1n) is 12.9. The summed E-state index contributed by atoms with van der Waals surface area (Å²) in [6, 6.07) is 16.0. The van der Waals surface area contributed by atoms with Gasteiger partial charge in [-0.2, -0.15) is 0 Å². The van der Waals surface area contributed by atoms with Crippen molar-refractivity contribution in [2.75, 3.05) is 51.1 Å². The molecule has 1 unspecified atom stereocenters. The SMILES string of the molecule is CCCN(CCN)S(=O)c1ccc(-c2ccnc(Nc3ccc(C(=O)N4CCN(C(N)=O)CC4)cc3)n2)cc1. The maximum atomic E-state index is 12.9. The number of hydrogen-bond acceptors (Lipinski definition) is 7. The summed E-state index contributed by atoms with van der Waals surface area (Å²) in [5, 5.41) is 3.18. The predicted molar refractivity (Wildman–Crippen MR) is 152 cm³/mol. The zero-order valence-corrected chi connectivity index (χ0v) is 22.8. The number of nitrogens with two attached hydrogens (primary N) is 2. The molecule has 11 nitrogen and oxygen atoms in total. The van der Waals surface area contributed by atoms with Gasteiger partial charge in [0, 0.05) is 68.8 Å². The van der Waals surface area contributed by atoms with Gasteiger partial charge in [0.05, 0.1) is 10.6 Å². The third-order valence-electron chi connectivity index (χ3n) is 6.36. The van der Waals surface area contributed by atoms with Crippen LogP contribution in [0.4, 0.5) is 16.4 Å². The summed E-state index contributed by atoms with van der Waals surface area (Å²) < 4.78 is 14.8. The molecule has 1 saturated heterocycles. The molecule has 0 spiro atoms. The maximum absolute atomic E-state index is 12.9. The van der Waals surface area contributed by atoms with Gasteiger partial charge in [0.2, 0.25) is 5.95 Å². The lowest BCUT2D eigenvalue weighted by molar-refractivity contribution is 0.0669.